The normalized spacial score (nSPS) is 10.9. The summed E-state index contributed by atoms with van der Waals surface area (Å²) in [6, 6.07) is 11.6. The van der Waals surface area contributed by atoms with Gasteiger partial charge in [-0.05, 0) is 47.9 Å². The molecule has 0 fully saturated rings. The van der Waals surface area contributed by atoms with Crippen LogP contribution < -0.4 is 11.5 Å². The van der Waals surface area contributed by atoms with E-state index < -0.39 is 23.4 Å². The number of hydrogen-bond acceptors (Lipinski definition) is 3. The van der Waals surface area contributed by atoms with Crippen molar-refractivity contribution in [3.63, 3.8) is 0 Å². The quantitative estimate of drug-likeness (QED) is 0.683. The van der Waals surface area contributed by atoms with Gasteiger partial charge in [-0.3, -0.25) is 14.6 Å². The average Bonchev–Trinajstić information content (AvgIpc) is 2.68. The summed E-state index contributed by atoms with van der Waals surface area (Å²) in [5.41, 5.74) is 13.1. The summed E-state index contributed by atoms with van der Waals surface area (Å²) < 4.78 is 27.6. The van der Waals surface area contributed by atoms with Gasteiger partial charge in [0.05, 0.1) is 22.5 Å². The maximum Gasteiger partial charge on any atom is 0.251 e. The van der Waals surface area contributed by atoms with E-state index in [1.807, 2.05) is 13.8 Å². The molecule has 29 heavy (non-hydrogen) atoms. The number of benzene rings is 2. The lowest BCUT2D eigenvalue weighted by atomic mass is 9.94. The van der Waals surface area contributed by atoms with Crippen LogP contribution in [0.5, 0.6) is 0 Å². The number of nitrogens with zero attached hydrogens (tertiary/aromatic N) is 1. The Hall–Kier alpha value is -3.61. The van der Waals surface area contributed by atoms with Crippen LogP contribution in [-0.2, 0) is 0 Å². The Morgan fingerprint density at radius 3 is 1.86 bits per heavy atom. The van der Waals surface area contributed by atoms with Gasteiger partial charge in [-0.2, -0.15) is 0 Å². The van der Waals surface area contributed by atoms with Gasteiger partial charge in [0.2, 0.25) is 0 Å². The van der Waals surface area contributed by atoms with E-state index in [0.717, 1.165) is 0 Å². The van der Waals surface area contributed by atoms with Gasteiger partial charge in [0, 0.05) is 11.1 Å². The van der Waals surface area contributed by atoms with Crippen LogP contribution in [0, 0.1) is 11.6 Å². The molecule has 0 radical (unpaired) electrons. The second-order valence-electron chi connectivity index (χ2n) is 6.90. The Morgan fingerprint density at radius 1 is 0.828 bits per heavy atom. The number of halogens is 2. The fourth-order valence-corrected chi connectivity index (χ4v) is 3.07. The van der Waals surface area contributed by atoms with Crippen LogP contribution in [0.2, 0.25) is 0 Å². The van der Waals surface area contributed by atoms with E-state index in [1.165, 1.54) is 30.3 Å². The number of hydrogen-bond donors (Lipinski definition) is 2. The van der Waals surface area contributed by atoms with Crippen molar-refractivity contribution in [2.45, 2.75) is 19.8 Å². The fourth-order valence-electron chi connectivity index (χ4n) is 3.07. The van der Waals surface area contributed by atoms with Crippen molar-refractivity contribution in [2.75, 3.05) is 0 Å². The lowest BCUT2D eigenvalue weighted by molar-refractivity contribution is 0.0987. The smallest absolute Gasteiger partial charge is 0.251 e. The zero-order valence-electron chi connectivity index (χ0n) is 15.9. The molecule has 1 heterocycles. The van der Waals surface area contributed by atoms with E-state index in [1.54, 1.807) is 18.2 Å². The van der Waals surface area contributed by atoms with Crippen LogP contribution in [-0.4, -0.2) is 16.8 Å². The largest absolute Gasteiger partial charge is 0.366 e. The summed E-state index contributed by atoms with van der Waals surface area (Å²) in [6.07, 6.45) is 0. The summed E-state index contributed by atoms with van der Waals surface area (Å²) in [6.45, 7) is 3.88. The van der Waals surface area contributed by atoms with Crippen LogP contribution in [0.1, 0.15) is 46.2 Å². The van der Waals surface area contributed by atoms with Gasteiger partial charge in [0.15, 0.2) is 0 Å². The molecular formula is C22H19F2N3O2. The number of aromatic nitrogens is 1. The Labute approximate surface area is 166 Å². The van der Waals surface area contributed by atoms with Crippen molar-refractivity contribution >= 4 is 11.8 Å². The molecule has 0 saturated heterocycles. The molecule has 3 aromatic rings. The summed E-state index contributed by atoms with van der Waals surface area (Å²) in [5, 5.41) is 0. The van der Waals surface area contributed by atoms with Gasteiger partial charge in [-0.1, -0.05) is 26.0 Å². The number of carbonyl (C=O) groups is 2. The Morgan fingerprint density at radius 2 is 1.34 bits per heavy atom. The number of carbonyl (C=O) groups excluding carboxylic acids is 2. The Balaban J connectivity index is 2.14. The molecule has 4 N–H and O–H groups in total. The molecule has 0 atom stereocenters. The second-order valence-corrected chi connectivity index (χ2v) is 6.90. The van der Waals surface area contributed by atoms with E-state index in [2.05, 4.69) is 4.98 Å². The molecule has 148 valence electrons. The first-order valence-electron chi connectivity index (χ1n) is 8.89. The van der Waals surface area contributed by atoms with Crippen molar-refractivity contribution in [1.82, 2.24) is 4.98 Å². The van der Waals surface area contributed by atoms with Gasteiger partial charge < -0.3 is 11.5 Å². The Kier molecular flexibility index (Phi) is 5.41. The number of nitrogens with two attached hydrogens (primary N) is 2. The van der Waals surface area contributed by atoms with Crippen LogP contribution in [0.25, 0.3) is 22.4 Å². The minimum absolute atomic E-state index is 0.0110. The highest BCUT2D eigenvalue weighted by Gasteiger charge is 2.17. The van der Waals surface area contributed by atoms with E-state index >= 15 is 0 Å². The van der Waals surface area contributed by atoms with E-state index in [9.17, 15) is 18.4 Å². The third kappa shape index (κ3) is 3.99. The predicted octanol–water partition coefficient (Wildman–Crippen LogP) is 4.02. The standard InChI is InChI=1S/C22H19F2N3O2/c1-11(2)20-14(12-3-6-17(23)15(9-12)21(25)28)5-8-19(27-20)13-4-7-18(24)16(10-13)22(26)29/h3-11H,1-2H3,(H2,25,28)(H2,26,29). The molecule has 5 nitrogen and oxygen atoms in total. The highest BCUT2D eigenvalue weighted by atomic mass is 19.1. The zero-order valence-corrected chi connectivity index (χ0v) is 15.9. The van der Waals surface area contributed by atoms with Crippen LogP contribution in [0.4, 0.5) is 8.78 Å². The Bertz CT molecular complexity index is 1130. The molecule has 0 aliphatic heterocycles. The van der Waals surface area contributed by atoms with Crippen molar-refractivity contribution in [3.8, 4) is 22.4 Å². The lowest BCUT2D eigenvalue weighted by Gasteiger charge is -2.15. The average molecular weight is 395 g/mol. The summed E-state index contributed by atoms with van der Waals surface area (Å²) in [4.78, 5) is 27.6. The fraction of sp³-hybridized carbons (Fsp3) is 0.136. The van der Waals surface area contributed by atoms with Crippen molar-refractivity contribution in [1.29, 1.82) is 0 Å². The first-order chi connectivity index (χ1) is 13.7. The van der Waals surface area contributed by atoms with E-state index in [0.29, 0.717) is 28.1 Å². The summed E-state index contributed by atoms with van der Waals surface area (Å²) in [7, 11) is 0. The SMILES string of the molecule is CC(C)c1nc(-c2ccc(F)c(C(N)=O)c2)ccc1-c1ccc(F)c(C(N)=O)c1. The third-order valence-electron chi connectivity index (χ3n) is 4.54. The number of rotatable bonds is 5. The lowest BCUT2D eigenvalue weighted by Crippen LogP contribution is -2.13. The summed E-state index contributed by atoms with van der Waals surface area (Å²) >= 11 is 0. The second kappa shape index (κ2) is 7.79. The predicted molar refractivity (Wildman–Crippen MR) is 106 cm³/mol. The number of pyridine rings is 1. The van der Waals surface area contributed by atoms with E-state index in [-0.39, 0.29) is 17.0 Å². The van der Waals surface area contributed by atoms with E-state index in [4.69, 9.17) is 11.5 Å². The molecule has 0 bridgehead atoms. The molecule has 0 aliphatic carbocycles. The van der Waals surface area contributed by atoms with Crippen molar-refractivity contribution in [2.24, 2.45) is 11.5 Å². The topological polar surface area (TPSA) is 99.1 Å². The first-order valence-corrected chi connectivity index (χ1v) is 8.89. The van der Waals surface area contributed by atoms with Gasteiger partial charge in [0.25, 0.3) is 11.8 Å². The van der Waals surface area contributed by atoms with Crippen LogP contribution in [0.3, 0.4) is 0 Å². The van der Waals surface area contributed by atoms with Gasteiger partial charge >= 0.3 is 0 Å². The third-order valence-corrected chi connectivity index (χ3v) is 4.54. The molecule has 0 aliphatic rings. The molecule has 1 aromatic heterocycles. The van der Waals surface area contributed by atoms with Crippen molar-refractivity contribution < 1.29 is 18.4 Å². The molecule has 3 rings (SSSR count). The molecule has 2 aromatic carbocycles. The maximum atomic E-state index is 13.8. The number of primary amides is 2. The maximum absolute atomic E-state index is 13.8. The minimum Gasteiger partial charge on any atom is -0.366 e. The van der Waals surface area contributed by atoms with Gasteiger partial charge in [-0.15, -0.1) is 0 Å². The molecular weight excluding hydrogens is 376 g/mol. The highest BCUT2D eigenvalue weighted by Crippen LogP contribution is 2.32. The van der Waals surface area contributed by atoms with Crippen molar-refractivity contribution in [3.05, 3.63) is 77.0 Å². The van der Waals surface area contributed by atoms with Gasteiger partial charge in [-0.25, -0.2) is 8.78 Å². The monoisotopic (exact) mass is 395 g/mol. The summed E-state index contributed by atoms with van der Waals surface area (Å²) in [5.74, 6) is -3.13. The molecule has 0 saturated carbocycles. The zero-order chi connectivity index (χ0) is 21.3. The van der Waals surface area contributed by atoms with Crippen LogP contribution >= 0.6 is 0 Å². The molecule has 7 heteroatoms. The molecule has 2 amide bonds. The highest BCUT2D eigenvalue weighted by molar-refractivity contribution is 5.95. The minimum atomic E-state index is -0.865. The van der Waals surface area contributed by atoms with Gasteiger partial charge in [0.1, 0.15) is 11.6 Å². The number of amides is 2. The first kappa shape index (κ1) is 20.1. The molecule has 0 spiro atoms. The molecule has 0 unspecified atom stereocenters. The van der Waals surface area contributed by atoms with Crippen LogP contribution in [0.15, 0.2) is 48.5 Å².